The summed E-state index contributed by atoms with van der Waals surface area (Å²) >= 11 is 0. The molecule has 1 atom stereocenters. The first-order valence-electron chi connectivity index (χ1n) is 7.88. The molecule has 0 heterocycles. The first-order valence-corrected chi connectivity index (χ1v) is 7.88. The van der Waals surface area contributed by atoms with E-state index in [-0.39, 0.29) is 0 Å². The van der Waals surface area contributed by atoms with Crippen molar-refractivity contribution in [2.45, 2.75) is 39.0 Å². The molecule has 2 aromatic rings. The van der Waals surface area contributed by atoms with Gasteiger partial charge in [-0.15, -0.1) is 0 Å². The Morgan fingerprint density at radius 3 is 2.17 bits per heavy atom. The minimum Gasteiger partial charge on any atom is -0.496 e. The number of aliphatic carboxylic acids is 1. The van der Waals surface area contributed by atoms with Crippen molar-refractivity contribution in [3.8, 4) is 5.75 Å². The predicted octanol–water partition coefficient (Wildman–Crippen LogP) is 4.54. The van der Waals surface area contributed by atoms with Crippen molar-refractivity contribution in [1.82, 2.24) is 0 Å². The second-order valence-corrected chi connectivity index (χ2v) is 6.22. The lowest BCUT2D eigenvalue weighted by Crippen LogP contribution is -2.14. The Balaban J connectivity index is 2.25. The van der Waals surface area contributed by atoms with E-state index in [2.05, 4.69) is 26.0 Å². The molecule has 122 valence electrons. The van der Waals surface area contributed by atoms with Crippen molar-refractivity contribution >= 4 is 5.97 Å². The maximum Gasteiger partial charge on any atom is 0.311 e. The number of hydrogen-bond donors (Lipinski definition) is 1. The van der Waals surface area contributed by atoms with Gasteiger partial charge >= 0.3 is 5.97 Å². The highest BCUT2D eigenvalue weighted by atomic mass is 16.5. The third-order valence-electron chi connectivity index (χ3n) is 4.21. The van der Waals surface area contributed by atoms with Crippen LogP contribution in [0.5, 0.6) is 5.75 Å². The van der Waals surface area contributed by atoms with Crippen LogP contribution in [0.25, 0.3) is 0 Å². The van der Waals surface area contributed by atoms with Gasteiger partial charge in [-0.05, 0) is 47.6 Å². The number of methoxy groups -OCH3 is 1. The van der Waals surface area contributed by atoms with Gasteiger partial charge in [0.05, 0.1) is 13.0 Å². The summed E-state index contributed by atoms with van der Waals surface area (Å²) in [5.41, 5.74) is 4.06. The first kappa shape index (κ1) is 17.1. The smallest absolute Gasteiger partial charge is 0.311 e. The van der Waals surface area contributed by atoms with E-state index < -0.39 is 11.9 Å². The molecule has 0 aliphatic heterocycles. The van der Waals surface area contributed by atoms with Gasteiger partial charge in [0.1, 0.15) is 5.75 Å². The Morgan fingerprint density at radius 1 is 1.09 bits per heavy atom. The van der Waals surface area contributed by atoms with Crippen LogP contribution in [0.2, 0.25) is 0 Å². The largest absolute Gasteiger partial charge is 0.496 e. The summed E-state index contributed by atoms with van der Waals surface area (Å²) in [5, 5.41) is 9.62. The molecule has 23 heavy (non-hydrogen) atoms. The van der Waals surface area contributed by atoms with Gasteiger partial charge in [0.2, 0.25) is 0 Å². The average molecular weight is 312 g/mol. The van der Waals surface area contributed by atoms with Gasteiger partial charge in [-0.25, -0.2) is 0 Å². The van der Waals surface area contributed by atoms with Crippen LogP contribution >= 0.6 is 0 Å². The summed E-state index contributed by atoms with van der Waals surface area (Å²) in [7, 11) is 1.62. The summed E-state index contributed by atoms with van der Waals surface area (Å²) in [6, 6.07) is 13.8. The second-order valence-electron chi connectivity index (χ2n) is 6.22. The number of carboxylic acids is 1. The quantitative estimate of drug-likeness (QED) is 0.852. The van der Waals surface area contributed by atoms with Crippen LogP contribution in [-0.2, 0) is 11.2 Å². The minimum atomic E-state index is -0.803. The molecule has 0 bridgehead atoms. The molecule has 0 aliphatic carbocycles. The molecule has 1 unspecified atom stereocenters. The highest BCUT2D eigenvalue weighted by molar-refractivity contribution is 5.76. The Hall–Kier alpha value is -2.29. The van der Waals surface area contributed by atoms with Crippen LogP contribution in [0.15, 0.2) is 42.5 Å². The molecule has 0 aliphatic rings. The normalized spacial score (nSPS) is 12.2. The van der Waals surface area contributed by atoms with Crippen molar-refractivity contribution in [1.29, 1.82) is 0 Å². The third kappa shape index (κ3) is 4.13. The molecule has 3 nitrogen and oxygen atoms in total. The van der Waals surface area contributed by atoms with Crippen molar-refractivity contribution in [3.63, 3.8) is 0 Å². The van der Waals surface area contributed by atoms with E-state index in [1.807, 2.05) is 37.3 Å². The lowest BCUT2D eigenvalue weighted by atomic mass is 9.90. The number of benzene rings is 2. The molecular weight excluding hydrogens is 288 g/mol. The topological polar surface area (TPSA) is 46.5 Å². The van der Waals surface area contributed by atoms with Gasteiger partial charge in [0, 0.05) is 0 Å². The maximum atomic E-state index is 11.7. The highest BCUT2D eigenvalue weighted by Gasteiger charge is 2.21. The van der Waals surface area contributed by atoms with E-state index in [0.717, 1.165) is 22.4 Å². The third-order valence-corrected chi connectivity index (χ3v) is 4.21. The molecule has 0 saturated heterocycles. The van der Waals surface area contributed by atoms with Gasteiger partial charge in [0.25, 0.3) is 0 Å². The van der Waals surface area contributed by atoms with Gasteiger partial charge in [-0.2, -0.15) is 0 Å². The Bertz CT molecular complexity index is 672. The van der Waals surface area contributed by atoms with E-state index in [0.29, 0.717) is 12.3 Å². The van der Waals surface area contributed by atoms with Crippen LogP contribution in [0.1, 0.15) is 47.9 Å². The zero-order chi connectivity index (χ0) is 17.0. The molecule has 1 N–H and O–H groups in total. The predicted molar refractivity (Wildman–Crippen MR) is 92.3 cm³/mol. The van der Waals surface area contributed by atoms with E-state index >= 15 is 0 Å². The van der Waals surface area contributed by atoms with E-state index in [9.17, 15) is 9.90 Å². The first-order chi connectivity index (χ1) is 10.9. The average Bonchev–Trinajstić information content (AvgIpc) is 2.52. The lowest BCUT2D eigenvalue weighted by molar-refractivity contribution is -0.138. The van der Waals surface area contributed by atoms with E-state index in [4.69, 9.17) is 4.74 Å². The molecule has 0 amide bonds. The zero-order valence-electron chi connectivity index (χ0n) is 14.2. The molecule has 0 spiro atoms. The SMILES string of the molecule is COc1ccc(C(Cc2ccc(C(C)C)cc2)C(=O)O)cc1C. The maximum absolute atomic E-state index is 11.7. The van der Waals surface area contributed by atoms with Gasteiger partial charge < -0.3 is 9.84 Å². The Labute approximate surface area is 137 Å². The van der Waals surface area contributed by atoms with Crippen molar-refractivity contribution in [2.75, 3.05) is 7.11 Å². The number of aryl methyl sites for hydroxylation is 1. The second kappa shape index (κ2) is 7.32. The molecule has 3 heteroatoms. The molecule has 0 aromatic heterocycles. The fraction of sp³-hybridized carbons (Fsp3) is 0.350. The van der Waals surface area contributed by atoms with E-state index in [1.165, 1.54) is 5.56 Å². The van der Waals surface area contributed by atoms with Crippen LogP contribution in [-0.4, -0.2) is 18.2 Å². The lowest BCUT2D eigenvalue weighted by Gasteiger charge is -2.15. The number of carboxylic acid groups (broad SMARTS) is 1. The van der Waals surface area contributed by atoms with Gasteiger partial charge in [-0.1, -0.05) is 50.2 Å². The summed E-state index contributed by atoms with van der Waals surface area (Å²) in [6.07, 6.45) is 0.486. The van der Waals surface area contributed by atoms with Crippen molar-refractivity contribution in [3.05, 3.63) is 64.7 Å². The number of carbonyl (C=O) groups is 1. The summed E-state index contributed by atoms with van der Waals surface area (Å²) < 4.78 is 5.25. The molecule has 2 aromatic carbocycles. The Morgan fingerprint density at radius 2 is 1.70 bits per heavy atom. The standard InChI is InChI=1S/C20H24O3/c1-13(2)16-7-5-15(6-8-16)12-18(20(21)22)17-9-10-19(23-4)14(3)11-17/h5-11,13,18H,12H2,1-4H3,(H,21,22). The summed E-state index contributed by atoms with van der Waals surface area (Å²) in [5.74, 6) is -0.102. The van der Waals surface area contributed by atoms with Crippen LogP contribution in [0, 0.1) is 6.92 Å². The minimum absolute atomic E-state index is 0.476. The molecule has 0 radical (unpaired) electrons. The fourth-order valence-corrected chi connectivity index (χ4v) is 2.74. The summed E-state index contributed by atoms with van der Waals surface area (Å²) in [4.78, 5) is 11.7. The van der Waals surface area contributed by atoms with Crippen LogP contribution in [0.3, 0.4) is 0 Å². The van der Waals surface area contributed by atoms with E-state index in [1.54, 1.807) is 7.11 Å². The number of rotatable bonds is 6. The Kier molecular flexibility index (Phi) is 5.43. The zero-order valence-corrected chi connectivity index (χ0v) is 14.2. The highest BCUT2D eigenvalue weighted by Crippen LogP contribution is 2.27. The van der Waals surface area contributed by atoms with Gasteiger partial charge in [0.15, 0.2) is 0 Å². The molecular formula is C20H24O3. The van der Waals surface area contributed by atoms with Crippen molar-refractivity contribution in [2.24, 2.45) is 0 Å². The fourth-order valence-electron chi connectivity index (χ4n) is 2.74. The van der Waals surface area contributed by atoms with Crippen molar-refractivity contribution < 1.29 is 14.6 Å². The van der Waals surface area contributed by atoms with Gasteiger partial charge in [-0.3, -0.25) is 4.79 Å². The number of hydrogen-bond acceptors (Lipinski definition) is 2. The summed E-state index contributed by atoms with van der Waals surface area (Å²) in [6.45, 7) is 6.23. The van der Waals surface area contributed by atoms with Crippen LogP contribution in [0.4, 0.5) is 0 Å². The number of ether oxygens (including phenoxy) is 1. The van der Waals surface area contributed by atoms with Crippen LogP contribution < -0.4 is 4.74 Å². The molecule has 2 rings (SSSR count). The monoisotopic (exact) mass is 312 g/mol. The molecule has 0 saturated carbocycles. The molecule has 0 fully saturated rings.